The molecular weight excluding hydrogens is 555 g/mol. The van der Waals surface area contributed by atoms with E-state index in [4.69, 9.17) is 17.3 Å². The van der Waals surface area contributed by atoms with Crippen molar-refractivity contribution in [2.75, 3.05) is 19.6 Å². The molecule has 204 valence electrons. The molecule has 0 unspecified atom stereocenters. The zero-order valence-electron chi connectivity index (χ0n) is 20.4. The Morgan fingerprint density at radius 1 is 1.21 bits per heavy atom. The molecule has 39 heavy (non-hydrogen) atoms. The molecule has 3 aromatic rings. The average molecular weight is 578 g/mol. The van der Waals surface area contributed by atoms with Gasteiger partial charge in [-0.05, 0) is 72.6 Å². The molecule has 2 fully saturated rings. The number of hydrogen-bond donors (Lipinski definition) is 1. The molecule has 1 atom stereocenters. The molecule has 2 saturated heterocycles. The van der Waals surface area contributed by atoms with Crippen molar-refractivity contribution in [3.8, 4) is 0 Å². The van der Waals surface area contributed by atoms with E-state index in [0.29, 0.717) is 23.0 Å². The number of nitrogens with zero attached hydrogens (tertiary/aromatic N) is 4. The van der Waals surface area contributed by atoms with E-state index in [2.05, 4.69) is 5.10 Å². The maximum Gasteiger partial charge on any atom is 0.416 e. The van der Waals surface area contributed by atoms with Crippen LogP contribution in [-0.4, -0.2) is 62.3 Å². The Bertz CT molecular complexity index is 1510. The van der Waals surface area contributed by atoms with Gasteiger partial charge >= 0.3 is 6.18 Å². The van der Waals surface area contributed by atoms with Gasteiger partial charge in [0.15, 0.2) is 0 Å². The van der Waals surface area contributed by atoms with Gasteiger partial charge in [-0.15, -0.1) is 0 Å². The molecule has 1 aromatic heterocycles. The van der Waals surface area contributed by atoms with Crippen LogP contribution in [0.2, 0.25) is 5.02 Å². The molecule has 0 saturated carbocycles. The predicted octanol–water partition coefficient (Wildman–Crippen LogP) is 4.74. The number of nitrogens with two attached hydrogens (primary N) is 1. The Morgan fingerprint density at radius 3 is 2.74 bits per heavy atom. The van der Waals surface area contributed by atoms with Gasteiger partial charge in [0.05, 0.1) is 35.3 Å². The van der Waals surface area contributed by atoms with Crippen molar-refractivity contribution in [3.05, 3.63) is 69.2 Å². The Hall–Kier alpha value is -3.35. The van der Waals surface area contributed by atoms with Gasteiger partial charge in [-0.25, -0.2) is 0 Å². The van der Waals surface area contributed by atoms with Gasteiger partial charge in [0.25, 0.3) is 11.1 Å². The number of carbonyl (C=O) groups is 3. The van der Waals surface area contributed by atoms with Crippen molar-refractivity contribution >= 4 is 57.4 Å². The zero-order chi connectivity index (χ0) is 27.9. The molecule has 0 spiro atoms. The van der Waals surface area contributed by atoms with Gasteiger partial charge in [-0.2, -0.15) is 18.3 Å². The van der Waals surface area contributed by atoms with E-state index >= 15 is 0 Å². The van der Waals surface area contributed by atoms with Crippen LogP contribution in [0.5, 0.6) is 0 Å². The lowest BCUT2D eigenvalue weighted by Crippen LogP contribution is -2.45. The number of thioether (sulfide) groups is 1. The number of rotatable bonds is 7. The van der Waals surface area contributed by atoms with Crippen molar-refractivity contribution in [3.63, 3.8) is 0 Å². The van der Waals surface area contributed by atoms with E-state index in [-0.39, 0.29) is 46.4 Å². The summed E-state index contributed by atoms with van der Waals surface area (Å²) in [5.74, 6) is -0.863. The number of alkyl halides is 3. The van der Waals surface area contributed by atoms with Gasteiger partial charge in [0.2, 0.25) is 5.91 Å². The van der Waals surface area contributed by atoms with E-state index in [1.54, 1.807) is 24.3 Å². The number of primary amides is 1. The second-order valence-electron chi connectivity index (χ2n) is 9.44. The lowest BCUT2D eigenvalue weighted by Gasteiger charge is -2.26. The summed E-state index contributed by atoms with van der Waals surface area (Å²) in [6.45, 7) is 0.844. The van der Waals surface area contributed by atoms with Crippen LogP contribution in [0, 0.1) is 0 Å². The Morgan fingerprint density at radius 2 is 2.00 bits per heavy atom. The van der Waals surface area contributed by atoms with Crippen LogP contribution in [0.3, 0.4) is 0 Å². The van der Waals surface area contributed by atoms with Crippen molar-refractivity contribution in [1.29, 1.82) is 0 Å². The number of hydrogen-bond acceptors (Lipinski definition) is 6. The third-order valence-corrected chi connectivity index (χ3v) is 7.93. The van der Waals surface area contributed by atoms with Gasteiger partial charge in [0.1, 0.15) is 0 Å². The number of amides is 3. The normalized spacial score (nSPS) is 19.6. The van der Waals surface area contributed by atoms with Crippen LogP contribution in [-0.2, 0) is 22.3 Å². The third-order valence-electron chi connectivity index (χ3n) is 6.79. The summed E-state index contributed by atoms with van der Waals surface area (Å²) in [6.07, 6.45) is 0.202. The number of carbonyl (C=O) groups excluding carboxylic acids is 3. The maximum absolute atomic E-state index is 13.5. The van der Waals surface area contributed by atoms with Crippen molar-refractivity contribution in [1.82, 2.24) is 19.6 Å². The molecule has 0 bridgehead atoms. The highest BCUT2D eigenvalue weighted by Gasteiger charge is 2.39. The molecule has 3 amide bonds. The van der Waals surface area contributed by atoms with Crippen molar-refractivity contribution in [2.24, 2.45) is 5.73 Å². The number of likely N-dealkylation sites (tertiary alicyclic amines) is 1. The van der Waals surface area contributed by atoms with E-state index < -0.39 is 23.6 Å². The first-order valence-corrected chi connectivity index (χ1v) is 13.3. The van der Waals surface area contributed by atoms with Crippen LogP contribution in [0.1, 0.15) is 29.5 Å². The van der Waals surface area contributed by atoms with Crippen molar-refractivity contribution in [2.45, 2.75) is 31.6 Å². The fraction of sp³-hybridized carbons (Fsp3) is 0.308. The Labute approximate surface area is 230 Å². The number of aromatic nitrogens is 2. The molecule has 13 heteroatoms. The summed E-state index contributed by atoms with van der Waals surface area (Å²) in [4.78, 5) is 40.4. The Kier molecular flexibility index (Phi) is 7.45. The lowest BCUT2D eigenvalue weighted by molar-refractivity contribution is -0.138. The molecule has 5 rings (SSSR count). The summed E-state index contributed by atoms with van der Waals surface area (Å²) in [7, 11) is 0. The fourth-order valence-corrected chi connectivity index (χ4v) is 5.98. The smallest absolute Gasteiger partial charge is 0.369 e. The monoisotopic (exact) mass is 577 g/mol. The molecule has 8 nitrogen and oxygen atoms in total. The zero-order valence-corrected chi connectivity index (χ0v) is 22.0. The minimum atomic E-state index is -4.56. The van der Waals surface area contributed by atoms with Crippen molar-refractivity contribution < 1.29 is 27.6 Å². The minimum Gasteiger partial charge on any atom is -0.369 e. The molecule has 0 aliphatic carbocycles. The summed E-state index contributed by atoms with van der Waals surface area (Å²) in [6, 6.07) is 8.70. The van der Waals surface area contributed by atoms with Gasteiger partial charge in [0, 0.05) is 23.0 Å². The van der Waals surface area contributed by atoms with Crippen LogP contribution in [0.15, 0.2) is 47.5 Å². The van der Waals surface area contributed by atoms with E-state index in [1.165, 1.54) is 27.9 Å². The minimum absolute atomic E-state index is 0.00307. The highest BCUT2D eigenvalue weighted by molar-refractivity contribution is 8.18. The maximum atomic E-state index is 13.5. The van der Waals surface area contributed by atoms with Gasteiger partial charge in [-0.3, -0.25) is 28.9 Å². The van der Waals surface area contributed by atoms with Crippen LogP contribution < -0.4 is 5.73 Å². The first-order valence-electron chi connectivity index (χ1n) is 12.1. The summed E-state index contributed by atoms with van der Waals surface area (Å²) >= 11 is 6.63. The summed E-state index contributed by atoms with van der Waals surface area (Å²) in [5, 5.41) is 4.54. The standard InChI is InChI=1S/C26H23ClF3N5O3S/c27-18-5-4-16(20(10-18)26(28,29)30)12-35-21-6-3-15(8-17(21)11-32-35)9-22-24(37)34(25(38)39-22)13-19-2-1-7-33(19)14-23(31)36/h3-6,8-11,19H,1-2,7,12-14H2,(H2,31,36)/t19-/m1/s1. The molecule has 0 radical (unpaired) electrons. The summed E-state index contributed by atoms with van der Waals surface area (Å²) < 4.78 is 42.0. The quantitative estimate of drug-likeness (QED) is 0.407. The Balaban J connectivity index is 1.34. The fourth-order valence-electron chi connectivity index (χ4n) is 4.96. The number of imide groups is 1. The average Bonchev–Trinajstić information content (AvgIpc) is 3.54. The highest BCUT2D eigenvalue weighted by Crippen LogP contribution is 2.36. The van der Waals surface area contributed by atoms with Gasteiger partial charge in [-0.1, -0.05) is 23.7 Å². The second kappa shape index (κ2) is 10.7. The number of fused-ring (bicyclic) bond motifs is 1. The predicted molar refractivity (Wildman–Crippen MR) is 142 cm³/mol. The highest BCUT2D eigenvalue weighted by atomic mass is 35.5. The SMILES string of the molecule is NC(=O)CN1CCC[C@@H]1CN1C(=O)SC(=Cc2ccc3c(cnn3Cc3ccc(Cl)cc3C(F)(F)F)c2)C1=O. The molecule has 2 N–H and O–H groups in total. The molecule has 2 aliphatic heterocycles. The molecule has 2 aromatic carbocycles. The number of halogens is 4. The first kappa shape index (κ1) is 27.2. The molecule has 3 heterocycles. The number of benzene rings is 2. The molecule has 2 aliphatic rings. The van der Waals surface area contributed by atoms with Crippen LogP contribution in [0.4, 0.5) is 18.0 Å². The van der Waals surface area contributed by atoms with E-state index in [0.717, 1.165) is 30.7 Å². The van der Waals surface area contributed by atoms with Gasteiger partial charge < -0.3 is 5.73 Å². The van der Waals surface area contributed by atoms with Crippen LogP contribution >= 0.6 is 23.4 Å². The molecular formula is C26H23ClF3N5O3S. The third kappa shape index (κ3) is 5.82. The first-order chi connectivity index (χ1) is 18.5. The lowest BCUT2D eigenvalue weighted by atomic mass is 10.1. The largest absolute Gasteiger partial charge is 0.416 e. The summed E-state index contributed by atoms with van der Waals surface area (Å²) in [5.41, 5.74) is 5.79. The van der Waals surface area contributed by atoms with Crippen LogP contribution in [0.25, 0.3) is 17.0 Å². The van der Waals surface area contributed by atoms with E-state index in [9.17, 15) is 27.6 Å². The van der Waals surface area contributed by atoms with E-state index in [1.807, 2.05) is 4.90 Å². The topological polar surface area (TPSA) is 102 Å². The second-order valence-corrected chi connectivity index (χ2v) is 10.9.